The molecular weight excluding hydrogens is 578 g/mol. The van der Waals surface area contributed by atoms with Crippen molar-refractivity contribution >= 4 is 22.7 Å². The summed E-state index contributed by atoms with van der Waals surface area (Å²) in [4.78, 5) is 42.9. The molecule has 10 heteroatoms. The molecule has 0 aliphatic carbocycles. The van der Waals surface area contributed by atoms with Crippen molar-refractivity contribution in [2.75, 3.05) is 43.9 Å². The van der Waals surface area contributed by atoms with E-state index < -0.39 is 10.9 Å². The van der Waals surface area contributed by atoms with Crippen molar-refractivity contribution in [2.24, 2.45) is 5.92 Å². The molecule has 1 fully saturated rings. The highest BCUT2D eigenvalue weighted by molar-refractivity contribution is 5.84. The molecular formula is C36H35N7O3. The average Bonchev–Trinajstić information content (AvgIpc) is 3.70. The maximum Gasteiger partial charge on any atom is 0.272 e. The highest BCUT2D eigenvalue weighted by Crippen LogP contribution is 2.32. The number of likely N-dealkylation sites (tertiary alicyclic amines) is 1. The number of aromatic nitrogens is 4. The minimum absolute atomic E-state index is 0.188. The minimum atomic E-state index is -0.528. The lowest BCUT2D eigenvalue weighted by Crippen LogP contribution is -2.43. The molecule has 1 unspecified atom stereocenters. The van der Waals surface area contributed by atoms with Crippen LogP contribution >= 0.6 is 0 Å². The molecule has 46 heavy (non-hydrogen) atoms. The third-order valence-corrected chi connectivity index (χ3v) is 8.85. The van der Waals surface area contributed by atoms with Gasteiger partial charge in [-0.25, -0.2) is 15.0 Å². The maximum absolute atomic E-state index is 12.2. The number of ether oxygens (including phenoxy) is 1. The Morgan fingerprint density at radius 1 is 0.957 bits per heavy atom. The number of nitrogens with zero attached hydrogens (tertiary/aromatic N) is 6. The molecule has 1 aliphatic heterocycles. The molecule has 7 rings (SSSR count). The van der Waals surface area contributed by atoms with Crippen molar-refractivity contribution in [1.82, 2.24) is 24.4 Å². The van der Waals surface area contributed by atoms with E-state index >= 15 is 0 Å². The molecule has 6 aromatic rings. The molecule has 3 aromatic heterocycles. The fraction of sp³-hybridized carbons (Fsp3) is 0.250. The molecule has 3 aromatic carbocycles. The van der Waals surface area contributed by atoms with Crippen LogP contribution in [0.5, 0.6) is 5.75 Å². The van der Waals surface area contributed by atoms with Crippen molar-refractivity contribution in [1.29, 1.82) is 0 Å². The van der Waals surface area contributed by atoms with E-state index in [0.717, 1.165) is 66.3 Å². The molecule has 1 aliphatic rings. The van der Waals surface area contributed by atoms with Gasteiger partial charge in [0.2, 0.25) is 0 Å². The standard InChI is InChI=1S/C36H35N7O3/c1-3-42(30-31(44)32(45)33(30)46-2)22-24-17-19-41(21-24)20-23-11-13-26(14-12-23)43-35(27-10-7-18-38-34(27)37)40-29-16-15-28(39-36(29)43)25-8-5-4-6-9-25/h4-16,18,24H,3,17,19-22H2,1-2H3,(H2,37,38). The van der Waals surface area contributed by atoms with E-state index in [1.807, 2.05) is 66.4 Å². The molecule has 2 N–H and O–H groups in total. The Kier molecular flexibility index (Phi) is 7.79. The summed E-state index contributed by atoms with van der Waals surface area (Å²) in [5, 5.41) is 0. The quantitative estimate of drug-likeness (QED) is 0.220. The van der Waals surface area contributed by atoms with Crippen LogP contribution in [0.4, 0.5) is 11.5 Å². The van der Waals surface area contributed by atoms with E-state index in [4.69, 9.17) is 20.4 Å². The number of hydrogen-bond donors (Lipinski definition) is 1. The van der Waals surface area contributed by atoms with Gasteiger partial charge in [0.15, 0.2) is 17.2 Å². The van der Waals surface area contributed by atoms with Gasteiger partial charge in [-0.3, -0.25) is 19.1 Å². The van der Waals surface area contributed by atoms with E-state index in [0.29, 0.717) is 29.8 Å². The smallest absolute Gasteiger partial charge is 0.272 e. The van der Waals surface area contributed by atoms with Gasteiger partial charge in [0, 0.05) is 43.6 Å². The molecule has 0 amide bonds. The van der Waals surface area contributed by atoms with Crippen molar-refractivity contribution in [2.45, 2.75) is 19.9 Å². The number of benzene rings is 2. The van der Waals surface area contributed by atoms with Crippen LogP contribution in [0.2, 0.25) is 0 Å². The zero-order valence-electron chi connectivity index (χ0n) is 25.9. The molecule has 0 radical (unpaired) electrons. The van der Waals surface area contributed by atoms with E-state index in [1.165, 1.54) is 12.7 Å². The molecule has 232 valence electrons. The Morgan fingerprint density at radius 2 is 1.76 bits per heavy atom. The normalized spacial score (nSPS) is 15.1. The molecule has 10 nitrogen and oxygen atoms in total. The number of methoxy groups -OCH3 is 1. The lowest BCUT2D eigenvalue weighted by Gasteiger charge is -2.28. The van der Waals surface area contributed by atoms with Gasteiger partial charge >= 0.3 is 0 Å². The second-order valence-electron chi connectivity index (χ2n) is 11.7. The van der Waals surface area contributed by atoms with Gasteiger partial charge < -0.3 is 15.4 Å². The summed E-state index contributed by atoms with van der Waals surface area (Å²) in [7, 11) is 1.44. The van der Waals surface area contributed by atoms with Crippen LogP contribution in [0.25, 0.3) is 39.5 Å². The first-order chi connectivity index (χ1) is 22.4. The van der Waals surface area contributed by atoms with Gasteiger partial charge in [0.1, 0.15) is 17.0 Å². The topological polar surface area (TPSA) is 119 Å². The fourth-order valence-corrected chi connectivity index (χ4v) is 6.50. The second-order valence-corrected chi connectivity index (χ2v) is 11.7. The Morgan fingerprint density at radius 3 is 2.50 bits per heavy atom. The first kappa shape index (κ1) is 29.4. The Balaban J connectivity index is 1.13. The van der Waals surface area contributed by atoms with Gasteiger partial charge in [-0.05, 0) is 67.8 Å². The predicted molar refractivity (Wildman–Crippen MR) is 181 cm³/mol. The number of anilines is 2. The zero-order chi connectivity index (χ0) is 31.8. The van der Waals surface area contributed by atoms with E-state index in [1.54, 1.807) is 6.20 Å². The molecule has 0 bridgehead atoms. The number of imidazole rings is 1. The Labute approximate surface area is 266 Å². The molecule has 1 saturated heterocycles. The van der Waals surface area contributed by atoms with Crippen LogP contribution < -0.4 is 26.2 Å². The minimum Gasteiger partial charge on any atom is -0.491 e. The first-order valence-electron chi connectivity index (χ1n) is 15.5. The average molecular weight is 614 g/mol. The van der Waals surface area contributed by atoms with Crippen molar-refractivity contribution < 1.29 is 4.74 Å². The summed E-state index contributed by atoms with van der Waals surface area (Å²) in [5.41, 5.74) is 12.1. The number of nitrogens with two attached hydrogens (primary N) is 1. The monoisotopic (exact) mass is 613 g/mol. The second kappa shape index (κ2) is 12.2. The van der Waals surface area contributed by atoms with Gasteiger partial charge in [-0.15, -0.1) is 0 Å². The number of hydrogen-bond acceptors (Lipinski definition) is 9. The summed E-state index contributed by atoms with van der Waals surface area (Å²) in [6, 6.07) is 26.4. The van der Waals surface area contributed by atoms with Crippen LogP contribution in [0.1, 0.15) is 18.9 Å². The summed E-state index contributed by atoms with van der Waals surface area (Å²) < 4.78 is 7.25. The molecule has 0 saturated carbocycles. The van der Waals surface area contributed by atoms with Crippen LogP contribution in [-0.2, 0) is 6.54 Å². The number of rotatable bonds is 10. The summed E-state index contributed by atoms with van der Waals surface area (Å²) >= 11 is 0. The van der Waals surface area contributed by atoms with E-state index in [9.17, 15) is 9.59 Å². The van der Waals surface area contributed by atoms with Crippen molar-refractivity contribution in [3.8, 4) is 34.1 Å². The van der Waals surface area contributed by atoms with E-state index in [-0.39, 0.29) is 5.75 Å². The molecule has 0 spiro atoms. The predicted octanol–water partition coefficient (Wildman–Crippen LogP) is 4.68. The van der Waals surface area contributed by atoms with Gasteiger partial charge in [-0.1, -0.05) is 42.5 Å². The Bertz CT molecular complexity index is 2080. The van der Waals surface area contributed by atoms with E-state index in [2.05, 4.69) is 38.7 Å². The fourth-order valence-electron chi connectivity index (χ4n) is 6.50. The van der Waals surface area contributed by atoms with Crippen molar-refractivity contribution in [3.63, 3.8) is 0 Å². The number of pyridine rings is 2. The third kappa shape index (κ3) is 5.30. The number of nitrogen functional groups attached to an aromatic ring is 1. The SMILES string of the molecule is CCN(CC1CCN(Cc2ccc(-n3c(-c4cccnc4N)nc4ccc(-c5ccccc5)nc43)cc2)C1)c1c(OC)c(=O)c1=O. The summed E-state index contributed by atoms with van der Waals surface area (Å²) in [6.07, 6.45) is 2.70. The molecule has 1 atom stereocenters. The van der Waals surface area contributed by atoms with Gasteiger partial charge in [0.05, 0.1) is 18.4 Å². The van der Waals surface area contributed by atoms with Gasteiger partial charge in [-0.2, -0.15) is 0 Å². The lowest BCUT2D eigenvalue weighted by molar-refractivity contribution is 0.316. The summed E-state index contributed by atoms with van der Waals surface area (Å²) in [5.74, 6) is 1.68. The highest BCUT2D eigenvalue weighted by Gasteiger charge is 2.30. The highest BCUT2D eigenvalue weighted by atomic mass is 16.5. The lowest BCUT2D eigenvalue weighted by atomic mass is 10.1. The number of fused-ring (bicyclic) bond motifs is 1. The largest absolute Gasteiger partial charge is 0.491 e. The zero-order valence-corrected chi connectivity index (χ0v) is 25.9. The van der Waals surface area contributed by atoms with Crippen molar-refractivity contribution in [3.05, 3.63) is 111 Å². The Hall–Kier alpha value is -5.35. The summed E-state index contributed by atoms with van der Waals surface area (Å²) in [6.45, 7) is 6.07. The third-order valence-electron chi connectivity index (χ3n) is 8.85. The van der Waals surface area contributed by atoms with Crippen LogP contribution in [-0.4, -0.2) is 57.7 Å². The van der Waals surface area contributed by atoms with Gasteiger partial charge in [0.25, 0.3) is 10.9 Å². The molecule has 4 heterocycles. The maximum atomic E-state index is 12.2. The van der Waals surface area contributed by atoms with Crippen LogP contribution in [0, 0.1) is 5.92 Å². The van der Waals surface area contributed by atoms with Crippen LogP contribution in [0.15, 0.2) is 94.6 Å². The first-order valence-corrected chi connectivity index (χ1v) is 15.5. The van der Waals surface area contributed by atoms with Crippen LogP contribution in [0.3, 0.4) is 0 Å².